The van der Waals surface area contributed by atoms with Crippen molar-refractivity contribution in [2.45, 2.75) is 37.0 Å². The third-order valence-electron chi connectivity index (χ3n) is 3.87. The molecule has 146 valence electrons. The maximum Gasteiger partial charge on any atom is 0.242 e. The summed E-state index contributed by atoms with van der Waals surface area (Å²) < 4.78 is 0. The fourth-order valence-electron chi connectivity index (χ4n) is 2.46. The third kappa shape index (κ3) is 7.18. The van der Waals surface area contributed by atoms with Crippen LogP contribution in [-0.4, -0.2) is 16.9 Å². The number of nitrogens with two attached hydrogens (primary N) is 1. The number of amides is 1. The Morgan fingerprint density at radius 3 is 2.14 bits per heavy atom. The van der Waals surface area contributed by atoms with Crippen molar-refractivity contribution in [3.05, 3.63) is 90.1 Å². The van der Waals surface area contributed by atoms with Gasteiger partial charge in [-0.25, -0.2) is 4.98 Å². The molecule has 5 heteroatoms. The summed E-state index contributed by atoms with van der Waals surface area (Å²) in [6.45, 7) is 4.00. The molecule has 0 aliphatic heterocycles. The van der Waals surface area contributed by atoms with E-state index in [1.807, 2.05) is 68.4 Å². The molecule has 0 saturated heterocycles. The molecule has 1 heterocycles. The van der Waals surface area contributed by atoms with E-state index >= 15 is 0 Å². The van der Waals surface area contributed by atoms with Crippen LogP contribution in [0.4, 0.5) is 5.82 Å². The first-order valence-corrected chi connectivity index (χ1v) is 10.4. The number of carbonyl (C=O) groups is 1. The summed E-state index contributed by atoms with van der Waals surface area (Å²) in [5, 5.41) is 2.78. The highest BCUT2D eigenvalue weighted by molar-refractivity contribution is 7.98. The monoisotopic (exact) mass is 393 g/mol. The van der Waals surface area contributed by atoms with Crippen molar-refractivity contribution in [3.63, 3.8) is 0 Å². The van der Waals surface area contributed by atoms with Gasteiger partial charge in [-0.1, -0.05) is 74.5 Å². The molecule has 0 aliphatic carbocycles. The number of nitrogens with zero attached hydrogens (tertiary/aromatic N) is 1. The Labute approximate surface area is 171 Å². The lowest BCUT2D eigenvalue weighted by Gasteiger charge is -2.12. The van der Waals surface area contributed by atoms with E-state index in [0.717, 1.165) is 16.2 Å². The minimum absolute atomic E-state index is 0.231. The highest BCUT2D eigenvalue weighted by atomic mass is 32.2. The van der Waals surface area contributed by atoms with Gasteiger partial charge < -0.3 is 11.1 Å². The zero-order valence-corrected chi connectivity index (χ0v) is 17.2. The highest BCUT2D eigenvalue weighted by Gasteiger charge is 2.14. The van der Waals surface area contributed by atoms with Gasteiger partial charge in [0.15, 0.2) is 0 Å². The van der Waals surface area contributed by atoms with E-state index < -0.39 is 6.04 Å². The second-order valence-electron chi connectivity index (χ2n) is 5.94. The van der Waals surface area contributed by atoms with Crippen molar-refractivity contribution >= 4 is 23.5 Å². The molecule has 3 aromatic rings. The molecule has 28 heavy (non-hydrogen) atoms. The number of benzene rings is 2. The van der Waals surface area contributed by atoms with Crippen LogP contribution in [0.3, 0.4) is 0 Å². The maximum atomic E-state index is 12.2. The number of hydrogen-bond acceptors (Lipinski definition) is 4. The lowest BCUT2D eigenvalue weighted by molar-refractivity contribution is -0.117. The number of nitrogens with one attached hydrogen (secondary N) is 1. The quantitative estimate of drug-likeness (QED) is 0.560. The van der Waals surface area contributed by atoms with Crippen molar-refractivity contribution in [1.29, 1.82) is 0 Å². The van der Waals surface area contributed by atoms with Crippen LogP contribution in [-0.2, 0) is 17.0 Å². The number of anilines is 1. The molecule has 0 spiro atoms. The molecule has 4 nitrogen and oxygen atoms in total. The molecule has 0 bridgehead atoms. The molecule has 0 radical (unpaired) electrons. The van der Waals surface area contributed by atoms with Crippen LogP contribution in [0.1, 0.15) is 25.0 Å². The maximum absolute atomic E-state index is 12.2. The molecule has 0 fully saturated rings. The van der Waals surface area contributed by atoms with E-state index in [2.05, 4.69) is 22.4 Å². The van der Waals surface area contributed by atoms with Crippen LogP contribution >= 0.6 is 11.8 Å². The average Bonchev–Trinajstić information content (AvgIpc) is 2.76. The summed E-state index contributed by atoms with van der Waals surface area (Å²) in [5.74, 6) is 1.17. The zero-order chi connectivity index (χ0) is 20.2. The Morgan fingerprint density at radius 1 is 0.964 bits per heavy atom. The van der Waals surface area contributed by atoms with Gasteiger partial charge in [-0.15, -0.1) is 11.8 Å². The van der Waals surface area contributed by atoms with Crippen molar-refractivity contribution < 1.29 is 4.79 Å². The third-order valence-corrected chi connectivity index (χ3v) is 4.92. The van der Waals surface area contributed by atoms with Gasteiger partial charge in [-0.3, -0.25) is 4.79 Å². The lowest BCUT2D eigenvalue weighted by atomic mass is 10.1. The van der Waals surface area contributed by atoms with E-state index in [0.29, 0.717) is 12.2 Å². The number of carbonyl (C=O) groups excluding carboxylic acids is 1. The number of thioether (sulfide) groups is 1. The first-order chi connectivity index (χ1) is 13.7. The Hall–Kier alpha value is -2.63. The van der Waals surface area contributed by atoms with E-state index in [4.69, 9.17) is 5.73 Å². The molecule has 3 rings (SSSR count). The van der Waals surface area contributed by atoms with Crippen LogP contribution in [0.15, 0.2) is 83.9 Å². The van der Waals surface area contributed by atoms with Crippen molar-refractivity contribution in [2.75, 3.05) is 5.32 Å². The summed E-state index contributed by atoms with van der Waals surface area (Å²) >= 11 is 1.71. The number of hydrogen-bond donors (Lipinski definition) is 2. The predicted molar refractivity (Wildman–Crippen MR) is 118 cm³/mol. The van der Waals surface area contributed by atoms with Gasteiger partial charge in [0.25, 0.3) is 0 Å². The van der Waals surface area contributed by atoms with E-state index in [-0.39, 0.29) is 5.91 Å². The number of rotatable bonds is 7. The van der Waals surface area contributed by atoms with E-state index in [9.17, 15) is 4.79 Å². The summed E-state index contributed by atoms with van der Waals surface area (Å²) in [6.07, 6.45) is 2.27. The summed E-state index contributed by atoms with van der Waals surface area (Å²) in [7, 11) is 0. The minimum atomic E-state index is -0.605. The molecule has 0 aliphatic rings. The van der Waals surface area contributed by atoms with Gasteiger partial charge in [0.1, 0.15) is 5.82 Å². The Bertz CT molecular complexity index is 823. The summed E-state index contributed by atoms with van der Waals surface area (Å²) in [4.78, 5) is 17.6. The molecular formula is C23H27N3OS. The molecule has 3 N–H and O–H groups in total. The molecule has 1 atom stereocenters. The second-order valence-corrected chi connectivity index (χ2v) is 6.99. The van der Waals surface area contributed by atoms with Crippen molar-refractivity contribution in [2.24, 2.45) is 5.73 Å². The van der Waals surface area contributed by atoms with Gasteiger partial charge >= 0.3 is 0 Å². The van der Waals surface area contributed by atoms with Gasteiger partial charge in [0.2, 0.25) is 5.91 Å². The van der Waals surface area contributed by atoms with E-state index in [1.54, 1.807) is 24.0 Å². The zero-order valence-electron chi connectivity index (χ0n) is 16.3. The topological polar surface area (TPSA) is 68.0 Å². The molecule has 2 aromatic carbocycles. The lowest BCUT2D eigenvalue weighted by Crippen LogP contribution is -2.37. The van der Waals surface area contributed by atoms with Gasteiger partial charge in [-0.2, -0.15) is 0 Å². The highest BCUT2D eigenvalue weighted by Crippen LogP contribution is 2.22. The van der Waals surface area contributed by atoms with E-state index in [1.165, 1.54) is 5.56 Å². The molecule has 1 unspecified atom stereocenters. The van der Waals surface area contributed by atoms with Gasteiger partial charge in [-0.05, 0) is 29.7 Å². The average molecular weight is 394 g/mol. The van der Waals surface area contributed by atoms with Crippen LogP contribution in [0.25, 0.3) is 0 Å². The molecule has 1 aromatic heterocycles. The number of pyridine rings is 1. The fraction of sp³-hybridized carbons (Fsp3) is 0.217. The molecule has 1 amide bonds. The predicted octanol–water partition coefficient (Wildman–Crippen LogP) is 4.91. The SMILES string of the molecule is CC.NC(Cc1ccccc1)C(=O)Nc1ccc(SCc2ccccc2)cn1. The Morgan fingerprint density at radius 2 is 1.57 bits per heavy atom. The van der Waals surface area contributed by atoms with Crippen LogP contribution < -0.4 is 11.1 Å². The molecule has 0 saturated carbocycles. The van der Waals surface area contributed by atoms with Gasteiger partial charge in [0, 0.05) is 16.8 Å². The first-order valence-electron chi connectivity index (χ1n) is 9.44. The smallest absolute Gasteiger partial charge is 0.242 e. The Balaban J connectivity index is 0.00000136. The van der Waals surface area contributed by atoms with Crippen LogP contribution in [0.2, 0.25) is 0 Å². The van der Waals surface area contributed by atoms with Crippen LogP contribution in [0.5, 0.6) is 0 Å². The minimum Gasteiger partial charge on any atom is -0.320 e. The fourth-order valence-corrected chi connectivity index (χ4v) is 3.28. The second kappa shape index (κ2) is 12.0. The standard InChI is InChI=1S/C21H21N3OS.C2H6/c22-19(13-16-7-3-1-4-8-16)21(25)24-20-12-11-18(14-23-20)26-15-17-9-5-2-6-10-17;1-2/h1-12,14,19H,13,15,22H2,(H,23,24,25);1-2H3. The summed E-state index contributed by atoms with van der Waals surface area (Å²) in [5.41, 5.74) is 8.30. The van der Waals surface area contributed by atoms with Crippen molar-refractivity contribution in [1.82, 2.24) is 4.98 Å². The molecular weight excluding hydrogens is 366 g/mol. The van der Waals surface area contributed by atoms with Gasteiger partial charge in [0.05, 0.1) is 6.04 Å². The first kappa shape index (κ1) is 21.7. The Kier molecular flexibility index (Phi) is 9.25. The normalized spacial score (nSPS) is 11.1. The largest absolute Gasteiger partial charge is 0.320 e. The van der Waals surface area contributed by atoms with Crippen molar-refractivity contribution in [3.8, 4) is 0 Å². The van der Waals surface area contributed by atoms with Crippen LogP contribution in [0, 0.1) is 0 Å². The summed E-state index contributed by atoms with van der Waals surface area (Å²) in [6, 6.07) is 23.2. The number of aromatic nitrogens is 1.